The van der Waals surface area contributed by atoms with Gasteiger partial charge < -0.3 is 4.74 Å². The molecule has 0 aliphatic carbocycles. The highest BCUT2D eigenvalue weighted by molar-refractivity contribution is 5.71. The van der Waals surface area contributed by atoms with Gasteiger partial charge in [0.05, 0.1) is 19.2 Å². The van der Waals surface area contributed by atoms with Crippen molar-refractivity contribution in [3.63, 3.8) is 0 Å². The van der Waals surface area contributed by atoms with E-state index in [0.29, 0.717) is 19.6 Å². The molecule has 0 N–H and O–H groups in total. The van der Waals surface area contributed by atoms with Crippen LogP contribution in [0.4, 0.5) is 0 Å². The van der Waals surface area contributed by atoms with E-state index in [2.05, 4.69) is 11.0 Å². The first-order chi connectivity index (χ1) is 9.76. The molecule has 0 heterocycles. The van der Waals surface area contributed by atoms with Crippen LogP contribution < -0.4 is 0 Å². The molecule has 0 aliphatic heterocycles. The number of hydrogen-bond acceptors (Lipinski definition) is 4. The number of rotatable bonds is 9. The minimum atomic E-state index is -0.191. The van der Waals surface area contributed by atoms with E-state index < -0.39 is 0 Å². The molecule has 108 valence electrons. The van der Waals surface area contributed by atoms with E-state index in [1.807, 2.05) is 37.3 Å². The number of ether oxygens (including phenoxy) is 1. The second kappa shape index (κ2) is 9.99. The fourth-order valence-electron chi connectivity index (χ4n) is 1.98. The highest BCUT2D eigenvalue weighted by Gasteiger charge is 2.11. The first kappa shape index (κ1) is 16.2. The Morgan fingerprint density at radius 1 is 1.30 bits per heavy atom. The van der Waals surface area contributed by atoms with Crippen LogP contribution >= 0.6 is 0 Å². The Kier molecular flexibility index (Phi) is 8.09. The third kappa shape index (κ3) is 6.91. The highest BCUT2D eigenvalue weighted by Crippen LogP contribution is 2.07. The van der Waals surface area contributed by atoms with Crippen molar-refractivity contribution < 1.29 is 9.53 Å². The first-order valence-corrected chi connectivity index (χ1v) is 7.05. The molecule has 0 unspecified atom stereocenters. The number of carbonyl (C=O) groups is 1. The number of nitrogens with zero attached hydrogens (tertiary/aromatic N) is 2. The maximum atomic E-state index is 11.6. The lowest BCUT2D eigenvalue weighted by atomic mass is 10.2. The molecule has 1 rings (SSSR count). The molecule has 1 aromatic rings. The van der Waals surface area contributed by atoms with E-state index in [1.165, 1.54) is 5.56 Å². The zero-order chi connectivity index (χ0) is 14.6. The third-order valence-electron chi connectivity index (χ3n) is 2.92. The van der Waals surface area contributed by atoms with Gasteiger partial charge in [-0.1, -0.05) is 30.3 Å². The topological polar surface area (TPSA) is 53.3 Å². The predicted octanol–water partition coefficient (Wildman–Crippen LogP) is 2.75. The van der Waals surface area contributed by atoms with Gasteiger partial charge in [-0.2, -0.15) is 5.26 Å². The van der Waals surface area contributed by atoms with Crippen LogP contribution in [0.2, 0.25) is 0 Å². The molecule has 4 nitrogen and oxygen atoms in total. The number of unbranched alkanes of at least 4 members (excludes halogenated alkanes) is 2. The zero-order valence-electron chi connectivity index (χ0n) is 12.0. The smallest absolute Gasteiger partial charge is 0.320 e. The summed E-state index contributed by atoms with van der Waals surface area (Å²) in [5, 5.41) is 8.54. The average molecular weight is 274 g/mol. The predicted molar refractivity (Wildman–Crippen MR) is 77.8 cm³/mol. The summed E-state index contributed by atoms with van der Waals surface area (Å²) in [6, 6.07) is 12.2. The Balaban J connectivity index is 2.50. The molecule has 0 aromatic heterocycles. The summed E-state index contributed by atoms with van der Waals surface area (Å²) in [7, 11) is 0. The lowest BCUT2D eigenvalue weighted by Crippen LogP contribution is -2.31. The van der Waals surface area contributed by atoms with Gasteiger partial charge >= 0.3 is 5.97 Å². The van der Waals surface area contributed by atoms with E-state index >= 15 is 0 Å². The molecule has 0 radical (unpaired) electrons. The van der Waals surface area contributed by atoms with Gasteiger partial charge in [0, 0.05) is 13.0 Å². The van der Waals surface area contributed by atoms with Crippen molar-refractivity contribution in [2.45, 2.75) is 32.7 Å². The lowest BCUT2D eigenvalue weighted by Gasteiger charge is -2.21. The quantitative estimate of drug-likeness (QED) is 0.513. The number of nitriles is 1. The average Bonchev–Trinajstić information content (AvgIpc) is 2.45. The van der Waals surface area contributed by atoms with Crippen LogP contribution in [0.25, 0.3) is 0 Å². The highest BCUT2D eigenvalue weighted by atomic mass is 16.5. The zero-order valence-corrected chi connectivity index (χ0v) is 12.0. The number of esters is 1. The van der Waals surface area contributed by atoms with Gasteiger partial charge in [0.25, 0.3) is 0 Å². The minimum Gasteiger partial charge on any atom is -0.465 e. The van der Waals surface area contributed by atoms with E-state index in [4.69, 9.17) is 10.00 Å². The van der Waals surface area contributed by atoms with Crippen molar-refractivity contribution >= 4 is 5.97 Å². The standard InChI is InChI=1S/C16H22N2O2/c1-2-20-16(19)14-18(12-8-4-7-11-17)13-15-9-5-3-6-10-15/h3,5-6,9-10H,2,4,7-8,12-14H2,1H3. The summed E-state index contributed by atoms with van der Waals surface area (Å²) in [6.07, 6.45) is 2.35. The van der Waals surface area contributed by atoms with Crippen LogP contribution in [0.5, 0.6) is 0 Å². The molecule has 4 heteroatoms. The van der Waals surface area contributed by atoms with Gasteiger partial charge in [0.1, 0.15) is 0 Å². The van der Waals surface area contributed by atoms with Gasteiger partial charge in [-0.15, -0.1) is 0 Å². The molecule has 20 heavy (non-hydrogen) atoms. The SMILES string of the molecule is CCOC(=O)CN(CCCCC#N)Cc1ccccc1. The molecule has 0 saturated heterocycles. The Morgan fingerprint density at radius 2 is 2.05 bits per heavy atom. The van der Waals surface area contributed by atoms with Crippen LogP contribution in [0.15, 0.2) is 30.3 Å². The Morgan fingerprint density at radius 3 is 2.70 bits per heavy atom. The number of hydrogen-bond donors (Lipinski definition) is 0. The molecule has 1 aromatic carbocycles. The fourth-order valence-corrected chi connectivity index (χ4v) is 1.98. The summed E-state index contributed by atoms with van der Waals surface area (Å²) < 4.78 is 5.00. The maximum absolute atomic E-state index is 11.6. The monoisotopic (exact) mass is 274 g/mol. The van der Waals surface area contributed by atoms with Crippen LogP contribution in [0, 0.1) is 11.3 Å². The second-order valence-electron chi connectivity index (χ2n) is 4.62. The Bertz CT molecular complexity index is 426. The molecule has 0 fully saturated rings. The Hall–Kier alpha value is -1.86. The molecule has 0 atom stereocenters. The van der Waals surface area contributed by atoms with E-state index in [1.54, 1.807) is 0 Å². The molecule has 0 bridgehead atoms. The van der Waals surface area contributed by atoms with Crippen molar-refractivity contribution in [3.8, 4) is 6.07 Å². The lowest BCUT2D eigenvalue weighted by molar-refractivity contribution is -0.144. The first-order valence-electron chi connectivity index (χ1n) is 7.05. The van der Waals surface area contributed by atoms with Crippen LogP contribution in [0.3, 0.4) is 0 Å². The maximum Gasteiger partial charge on any atom is 0.320 e. The van der Waals surface area contributed by atoms with Gasteiger partial charge in [-0.3, -0.25) is 9.69 Å². The van der Waals surface area contributed by atoms with Gasteiger partial charge in [-0.05, 0) is 31.9 Å². The minimum absolute atomic E-state index is 0.191. The summed E-state index contributed by atoms with van der Waals surface area (Å²) >= 11 is 0. The molecular formula is C16H22N2O2. The largest absolute Gasteiger partial charge is 0.465 e. The van der Waals surface area contributed by atoms with Gasteiger partial charge in [0.2, 0.25) is 0 Å². The van der Waals surface area contributed by atoms with Crippen LogP contribution in [-0.4, -0.2) is 30.6 Å². The summed E-state index contributed by atoms with van der Waals surface area (Å²) in [6.45, 7) is 4.05. The van der Waals surface area contributed by atoms with Crippen molar-refractivity contribution in [1.29, 1.82) is 5.26 Å². The van der Waals surface area contributed by atoms with E-state index in [0.717, 1.165) is 25.9 Å². The normalized spacial score (nSPS) is 10.2. The van der Waals surface area contributed by atoms with Crippen LogP contribution in [0.1, 0.15) is 31.7 Å². The summed E-state index contributed by atoms with van der Waals surface area (Å²) in [4.78, 5) is 13.7. The molecular weight excluding hydrogens is 252 g/mol. The van der Waals surface area contributed by atoms with Gasteiger partial charge in [-0.25, -0.2) is 0 Å². The van der Waals surface area contributed by atoms with Crippen molar-refractivity contribution in [3.05, 3.63) is 35.9 Å². The van der Waals surface area contributed by atoms with Crippen molar-refractivity contribution in [2.24, 2.45) is 0 Å². The number of carbonyl (C=O) groups excluding carboxylic acids is 1. The molecule has 0 aliphatic rings. The molecule has 0 spiro atoms. The van der Waals surface area contributed by atoms with Crippen LogP contribution in [-0.2, 0) is 16.1 Å². The number of benzene rings is 1. The Labute approximate surface area is 121 Å². The third-order valence-corrected chi connectivity index (χ3v) is 2.92. The second-order valence-corrected chi connectivity index (χ2v) is 4.62. The van der Waals surface area contributed by atoms with Gasteiger partial charge in [0.15, 0.2) is 0 Å². The molecule has 0 amide bonds. The van der Waals surface area contributed by atoms with E-state index in [-0.39, 0.29) is 5.97 Å². The van der Waals surface area contributed by atoms with Crippen molar-refractivity contribution in [2.75, 3.05) is 19.7 Å². The van der Waals surface area contributed by atoms with Crippen molar-refractivity contribution in [1.82, 2.24) is 4.90 Å². The summed E-state index contributed by atoms with van der Waals surface area (Å²) in [5.41, 5.74) is 1.18. The molecule has 0 saturated carbocycles. The summed E-state index contributed by atoms with van der Waals surface area (Å²) in [5.74, 6) is -0.191. The fraction of sp³-hybridized carbons (Fsp3) is 0.500. The van der Waals surface area contributed by atoms with E-state index in [9.17, 15) is 4.79 Å².